The molecule has 7 nitrogen and oxygen atoms in total. The van der Waals surface area contributed by atoms with Crippen LogP contribution in [0.2, 0.25) is 5.02 Å². The molecule has 29 heavy (non-hydrogen) atoms. The molecule has 1 amide bonds. The highest BCUT2D eigenvalue weighted by molar-refractivity contribution is 6.30. The van der Waals surface area contributed by atoms with Crippen molar-refractivity contribution in [1.82, 2.24) is 20.1 Å². The Bertz CT molecular complexity index is 1050. The zero-order chi connectivity index (χ0) is 20.8. The third-order valence-electron chi connectivity index (χ3n) is 4.52. The lowest BCUT2D eigenvalue weighted by atomic mass is 10.1. The number of pyridine rings is 1. The van der Waals surface area contributed by atoms with Crippen molar-refractivity contribution in [2.45, 2.75) is 20.3 Å². The van der Waals surface area contributed by atoms with E-state index in [2.05, 4.69) is 26.8 Å². The van der Waals surface area contributed by atoms with Crippen LogP contribution in [0.4, 0.5) is 5.82 Å². The van der Waals surface area contributed by atoms with Crippen LogP contribution in [0.1, 0.15) is 22.5 Å². The average Bonchev–Trinajstić information content (AvgIpc) is 3.00. The van der Waals surface area contributed by atoms with E-state index in [0.717, 1.165) is 22.6 Å². The first-order valence-corrected chi connectivity index (χ1v) is 9.54. The molecule has 2 aromatic heterocycles. The number of carbonyl (C=O) groups is 1. The van der Waals surface area contributed by atoms with Gasteiger partial charge >= 0.3 is 0 Å². The fourth-order valence-electron chi connectivity index (χ4n) is 3.01. The zero-order valence-corrected chi connectivity index (χ0v) is 17.0. The van der Waals surface area contributed by atoms with Gasteiger partial charge in [-0.3, -0.25) is 4.79 Å². The van der Waals surface area contributed by atoms with Gasteiger partial charge in [0.15, 0.2) is 0 Å². The summed E-state index contributed by atoms with van der Waals surface area (Å²) in [5.41, 5.74) is 4.01. The molecule has 148 valence electrons. The van der Waals surface area contributed by atoms with Crippen LogP contribution in [0.25, 0.3) is 5.69 Å². The van der Waals surface area contributed by atoms with Crippen LogP contribution < -0.4 is 10.6 Å². The lowest BCUT2D eigenvalue weighted by Gasteiger charge is -2.09. The van der Waals surface area contributed by atoms with Crippen molar-refractivity contribution in [2.24, 2.45) is 0 Å². The number of amides is 1. The molecule has 0 saturated carbocycles. The molecule has 1 aromatic carbocycles. The lowest BCUT2D eigenvalue weighted by Crippen LogP contribution is -2.30. The number of aryl methyl sites for hydroxylation is 1. The topological polar surface area (TPSA) is 95.6 Å². The minimum Gasteiger partial charge on any atom is -0.367 e. The van der Waals surface area contributed by atoms with Gasteiger partial charge in [-0.25, -0.2) is 9.67 Å². The monoisotopic (exact) mass is 408 g/mol. The van der Waals surface area contributed by atoms with Crippen LogP contribution in [0, 0.1) is 25.2 Å². The van der Waals surface area contributed by atoms with E-state index in [-0.39, 0.29) is 12.3 Å². The number of nitrogens with one attached hydrogen (secondary N) is 2. The summed E-state index contributed by atoms with van der Waals surface area (Å²) in [5, 5.41) is 20.2. The van der Waals surface area contributed by atoms with Crippen LogP contribution in [-0.4, -0.2) is 33.8 Å². The molecule has 0 radical (unpaired) electrons. The van der Waals surface area contributed by atoms with Gasteiger partial charge in [0.05, 0.1) is 23.4 Å². The van der Waals surface area contributed by atoms with Crippen molar-refractivity contribution >= 4 is 23.3 Å². The molecule has 8 heteroatoms. The first-order valence-electron chi connectivity index (χ1n) is 9.16. The smallest absolute Gasteiger partial charge is 0.224 e. The van der Waals surface area contributed by atoms with Gasteiger partial charge in [-0.15, -0.1) is 0 Å². The summed E-state index contributed by atoms with van der Waals surface area (Å²) in [6.07, 6.45) is 1.87. The van der Waals surface area contributed by atoms with Crippen molar-refractivity contribution in [1.29, 1.82) is 5.26 Å². The van der Waals surface area contributed by atoms with E-state index in [1.165, 1.54) is 0 Å². The number of carbonyl (C=O) groups excluding carboxylic acids is 1. The molecular weight excluding hydrogens is 388 g/mol. The minimum absolute atomic E-state index is 0.0878. The van der Waals surface area contributed by atoms with Crippen molar-refractivity contribution in [3.05, 3.63) is 70.1 Å². The van der Waals surface area contributed by atoms with E-state index in [1.807, 2.05) is 42.8 Å². The number of anilines is 1. The normalized spacial score (nSPS) is 10.4. The summed E-state index contributed by atoms with van der Waals surface area (Å²) in [6.45, 7) is 4.74. The molecule has 0 aliphatic carbocycles. The third kappa shape index (κ3) is 4.92. The Morgan fingerprint density at radius 1 is 1.21 bits per heavy atom. The first-order chi connectivity index (χ1) is 14.0. The number of hydrogen-bond acceptors (Lipinski definition) is 5. The maximum Gasteiger partial charge on any atom is 0.224 e. The minimum atomic E-state index is -0.0878. The number of halogens is 1. The zero-order valence-electron chi connectivity index (χ0n) is 16.2. The molecule has 0 saturated heterocycles. The number of rotatable bonds is 7. The van der Waals surface area contributed by atoms with E-state index in [9.17, 15) is 4.79 Å². The predicted octanol–water partition coefficient (Wildman–Crippen LogP) is 3.18. The number of benzene rings is 1. The van der Waals surface area contributed by atoms with Crippen molar-refractivity contribution in [2.75, 3.05) is 18.4 Å². The summed E-state index contributed by atoms with van der Waals surface area (Å²) in [4.78, 5) is 16.5. The molecular formula is C21H21ClN6O. The Morgan fingerprint density at radius 2 is 1.97 bits per heavy atom. The highest BCUT2D eigenvalue weighted by atomic mass is 35.5. The highest BCUT2D eigenvalue weighted by Crippen LogP contribution is 2.20. The van der Waals surface area contributed by atoms with Crippen LogP contribution >= 0.6 is 11.6 Å². The Balaban J connectivity index is 1.57. The van der Waals surface area contributed by atoms with Crippen LogP contribution in [0.15, 0.2) is 42.6 Å². The summed E-state index contributed by atoms with van der Waals surface area (Å²) in [6, 6.07) is 12.9. The molecule has 3 rings (SSSR count). The van der Waals surface area contributed by atoms with Gasteiger partial charge in [0.2, 0.25) is 5.91 Å². The Hall–Kier alpha value is -3.37. The fourth-order valence-corrected chi connectivity index (χ4v) is 3.13. The highest BCUT2D eigenvalue weighted by Gasteiger charge is 2.16. The lowest BCUT2D eigenvalue weighted by molar-refractivity contribution is -0.120. The molecule has 2 N–H and O–H groups in total. The van der Waals surface area contributed by atoms with Gasteiger partial charge in [-0.1, -0.05) is 11.6 Å². The number of hydrogen-bond donors (Lipinski definition) is 2. The van der Waals surface area contributed by atoms with E-state index in [4.69, 9.17) is 16.9 Å². The largest absolute Gasteiger partial charge is 0.367 e. The van der Waals surface area contributed by atoms with Gasteiger partial charge in [0.1, 0.15) is 11.9 Å². The van der Waals surface area contributed by atoms with Gasteiger partial charge in [0.25, 0.3) is 0 Å². The molecule has 3 aromatic rings. The quantitative estimate of drug-likeness (QED) is 0.585. The molecule has 0 spiro atoms. The number of aromatic nitrogens is 3. The Labute approximate surface area is 174 Å². The van der Waals surface area contributed by atoms with Gasteiger partial charge in [0, 0.05) is 35.6 Å². The van der Waals surface area contributed by atoms with E-state index in [1.54, 1.807) is 18.3 Å². The third-order valence-corrected chi connectivity index (χ3v) is 4.77. The Kier molecular flexibility index (Phi) is 6.47. The number of nitriles is 1. The van der Waals surface area contributed by atoms with Gasteiger partial charge in [-0.2, -0.15) is 10.4 Å². The molecule has 0 aliphatic rings. The Morgan fingerprint density at radius 3 is 2.69 bits per heavy atom. The fraction of sp³-hybridized carbons (Fsp3) is 0.238. The number of nitrogens with zero attached hydrogens (tertiary/aromatic N) is 4. The standard InChI is InChI=1S/C21H21ClN6O/c1-14-19(15(2)28(27-14)18-7-5-17(22)6-8-18)12-20(29)24-10-11-26-21-16(13-23)4-3-9-25-21/h3-9H,10-12H2,1-2H3,(H,24,29)(H,25,26). The maximum atomic E-state index is 12.4. The van der Waals surface area contributed by atoms with Crippen molar-refractivity contribution in [3.63, 3.8) is 0 Å². The molecule has 0 bridgehead atoms. The summed E-state index contributed by atoms with van der Waals surface area (Å²) in [7, 11) is 0. The summed E-state index contributed by atoms with van der Waals surface area (Å²) >= 11 is 5.95. The first kappa shape index (κ1) is 20.4. The predicted molar refractivity (Wildman–Crippen MR) is 112 cm³/mol. The molecule has 0 atom stereocenters. The summed E-state index contributed by atoms with van der Waals surface area (Å²) in [5.74, 6) is 0.426. The van der Waals surface area contributed by atoms with Gasteiger partial charge < -0.3 is 10.6 Å². The second-order valence-electron chi connectivity index (χ2n) is 6.50. The van der Waals surface area contributed by atoms with Crippen LogP contribution in [0.5, 0.6) is 0 Å². The van der Waals surface area contributed by atoms with Crippen LogP contribution in [-0.2, 0) is 11.2 Å². The van der Waals surface area contributed by atoms with E-state index >= 15 is 0 Å². The summed E-state index contributed by atoms with van der Waals surface area (Å²) < 4.78 is 1.82. The SMILES string of the molecule is Cc1nn(-c2ccc(Cl)cc2)c(C)c1CC(=O)NCCNc1ncccc1C#N. The van der Waals surface area contributed by atoms with Crippen molar-refractivity contribution < 1.29 is 4.79 Å². The average molecular weight is 409 g/mol. The second-order valence-corrected chi connectivity index (χ2v) is 6.94. The molecule has 0 fully saturated rings. The van der Waals surface area contributed by atoms with Gasteiger partial charge in [-0.05, 0) is 50.2 Å². The maximum absolute atomic E-state index is 12.4. The van der Waals surface area contributed by atoms with Crippen LogP contribution in [0.3, 0.4) is 0 Å². The second kappa shape index (κ2) is 9.22. The van der Waals surface area contributed by atoms with Crippen molar-refractivity contribution in [3.8, 4) is 11.8 Å². The molecule has 0 unspecified atom stereocenters. The molecule has 0 aliphatic heterocycles. The van der Waals surface area contributed by atoms with E-state index in [0.29, 0.717) is 29.5 Å². The van der Waals surface area contributed by atoms with E-state index < -0.39 is 0 Å². The molecule has 2 heterocycles.